The van der Waals surface area contributed by atoms with Crippen LogP contribution in [0.3, 0.4) is 0 Å². The molecule has 4 heteroatoms. The fraction of sp³-hybridized carbons (Fsp3) is 0.0714. The number of fused-ring (bicyclic) bond motifs is 2. The molecule has 0 aliphatic carbocycles. The maximum absolute atomic E-state index is 11.2. The fourth-order valence-electron chi connectivity index (χ4n) is 2.05. The quantitative estimate of drug-likeness (QED) is 0.694. The third kappa shape index (κ3) is 1.66. The summed E-state index contributed by atoms with van der Waals surface area (Å²) in [5.41, 5.74) is 3.13. The van der Waals surface area contributed by atoms with E-state index >= 15 is 0 Å². The molecule has 1 aliphatic heterocycles. The van der Waals surface area contributed by atoms with E-state index < -0.39 is 5.97 Å². The van der Waals surface area contributed by atoms with Crippen molar-refractivity contribution < 1.29 is 9.90 Å². The van der Waals surface area contributed by atoms with Gasteiger partial charge in [-0.05, 0) is 30.7 Å². The van der Waals surface area contributed by atoms with Crippen LogP contribution in [0.1, 0.15) is 15.9 Å². The van der Waals surface area contributed by atoms with Crippen molar-refractivity contribution in [1.82, 2.24) is 0 Å². The van der Waals surface area contributed by atoms with Gasteiger partial charge in [0.2, 0.25) is 0 Å². The summed E-state index contributed by atoms with van der Waals surface area (Å²) in [6.45, 7) is 2.01. The van der Waals surface area contributed by atoms with Crippen LogP contribution in [0.15, 0.2) is 46.2 Å². The van der Waals surface area contributed by atoms with Gasteiger partial charge in [0.15, 0.2) is 0 Å². The second kappa shape index (κ2) is 4.07. The zero-order valence-electron chi connectivity index (χ0n) is 9.73. The zero-order chi connectivity index (χ0) is 12.7. The van der Waals surface area contributed by atoms with Gasteiger partial charge in [-0.1, -0.05) is 30.0 Å². The summed E-state index contributed by atoms with van der Waals surface area (Å²) < 4.78 is 0. The number of aromatic carboxylic acids is 1. The average Bonchev–Trinajstić information content (AvgIpc) is 2.36. The van der Waals surface area contributed by atoms with Crippen molar-refractivity contribution in [1.29, 1.82) is 0 Å². The molecular formula is C14H11NO2S. The number of carbonyl (C=O) groups is 1. The average molecular weight is 257 g/mol. The zero-order valence-corrected chi connectivity index (χ0v) is 10.5. The van der Waals surface area contributed by atoms with Crippen molar-refractivity contribution in [3.63, 3.8) is 0 Å². The van der Waals surface area contributed by atoms with E-state index in [0.29, 0.717) is 11.3 Å². The molecule has 3 nitrogen and oxygen atoms in total. The Hall–Kier alpha value is -1.94. The molecule has 0 saturated carbocycles. The molecule has 0 saturated heterocycles. The Bertz CT molecular complexity index is 652. The minimum absolute atomic E-state index is 0.314. The van der Waals surface area contributed by atoms with Crippen LogP contribution in [0.4, 0.5) is 11.4 Å². The first-order valence-electron chi connectivity index (χ1n) is 5.57. The summed E-state index contributed by atoms with van der Waals surface area (Å²) in [5.74, 6) is -0.906. The molecule has 2 aromatic carbocycles. The first-order valence-corrected chi connectivity index (χ1v) is 6.39. The number of benzene rings is 2. The second-order valence-corrected chi connectivity index (χ2v) is 5.24. The molecule has 3 rings (SSSR count). The van der Waals surface area contributed by atoms with E-state index in [2.05, 4.69) is 5.32 Å². The highest BCUT2D eigenvalue weighted by atomic mass is 32.2. The van der Waals surface area contributed by atoms with Gasteiger partial charge in [-0.25, -0.2) is 4.79 Å². The monoisotopic (exact) mass is 257 g/mol. The van der Waals surface area contributed by atoms with Gasteiger partial charge in [-0.15, -0.1) is 0 Å². The number of nitrogens with one attached hydrogen (secondary N) is 1. The number of carboxylic acids is 1. The number of aryl methyl sites for hydroxylation is 1. The maximum Gasteiger partial charge on any atom is 0.337 e. The summed E-state index contributed by atoms with van der Waals surface area (Å²) >= 11 is 1.60. The third-order valence-electron chi connectivity index (χ3n) is 2.96. The Balaban J connectivity index is 2.17. The summed E-state index contributed by atoms with van der Waals surface area (Å²) in [6.07, 6.45) is 0. The lowest BCUT2D eigenvalue weighted by molar-refractivity contribution is 0.0698. The van der Waals surface area contributed by atoms with E-state index in [0.717, 1.165) is 21.0 Å². The van der Waals surface area contributed by atoms with Gasteiger partial charge in [0.1, 0.15) is 0 Å². The van der Waals surface area contributed by atoms with Crippen molar-refractivity contribution in [3.8, 4) is 0 Å². The highest BCUT2D eigenvalue weighted by molar-refractivity contribution is 7.99. The molecule has 0 radical (unpaired) electrons. The molecule has 18 heavy (non-hydrogen) atoms. The molecule has 0 unspecified atom stereocenters. The number of rotatable bonds is 1. The smallest absolute Gasteiger partial charge is 0.337 e. The van der Waals surface area contributed by atoms with Gasteiger partial charge >= 0.3 is 5.97 Å². The summed E-state index contributed by atoms with van der Waals surface area (Å²) in [7, 11) is 0. The molecule has 1 heterocycles. The van der Waals surface area contributed by atoms with Crippen molar-refractivity contribution in [2.45, 2.75) is 16.7 Å². The highest BCUT2D eigenvalue weighted by Crippen LogP contribution is 2.46. The molecule has 0 fully saturated rings. The van der Waals surface area contributed by atoms with Crippen molar-refractivity contribution in [3.05, 3.63) is 47.5 Å². The van der Waals surface area contributed by atoms with Crippen LogP contribution in [0, 0.1) is 6.92 Å². The number of anilines is 2. The molecule has 2 N–H and O–H groups in total. The molecule has 1 aliphatic rings. The molecule has 0 bridgehead atoms. The molecule has 0 amide bonds. The molecule has 90 valence electrons. The largest absolute Gasteiger partial charge is 0.478 e. The lowest BCUT2D eigenvalue weighted by Gasteiger charge is -2.23. The summed E-state index contributed by atoms with van der Waals surface area (Å²) in [6, 6.07) is 11.4. The van der Waals surface area contributed by atoms with Crippen molar-refractivity contribution in [2.75, 3.05) is 5.32 Å². The SMILES string of the molecule is Cc1cccc2c1Nc1c(cccc1C(=O)O)S2. The van der Waals surface area contributed by atoms with Crippen molar-refractivity contribution >= 4 is 29.1 Å². The fourth-order valence-corrected chi connectivity index (χ4v) is 3.16. The molecule has 2 aromatic rings. The van der Waals surface area contributed by atoms with Gasteiger partial charge in [-0.2, -0.15) is 0 Å². The van der Waals surface area contributed by atoms with Crippen LogP contribution in [0.5, 0.6) is 0 Å². The lowest BCUT2D eigenvalue weighted by Crippen LogP contribution is -2.08. The van der Waals surface area contributed by atoms with Crippen LogP contribution < -0.4 is 5.32 Å². The topological polar surface area (TPSA) is 49.3 Å². The lowest BCUT2D eigenvalue weighted by atomic mass is 10.1. The van der Waals surface area contributed by atoms with Crippen LogP contribution in [-0.4, -0.2) is 11.1 Å². The number of para-hydroxylation sites is 2. The molecule has 0 aromatic heterocycles. The third-order valence-corrected chi connectivity index (χ3v) is 4.08. The van der Waals surface area contributed by atoms with E-state index in [1.54, 1.807) is 23.9 Å². The van der Waals surface area contributed by atoms with E-state index in [1.807, 2.05) is 31.2 Å². The first kappa shape index (κ1) is 11.2. The van der Waals surface area contributed by atoms with E-state index in [9.17, 15) is 9.90 Å². The normalized spacial score (nSPS) is 12.3. The van der Waals surface area contributed by atoms with Crippen LogP contribution in [-0.2, 0) is 0 Å². The Morgan fingerprint density at radius 1 is 1.11 bits per heavy atom. The first-order chi connectivity index (χ1) is 8.66. The Kier molecular flexibility index (Phi) is 2.52. The van der Waals surface area contributed by atoms with Gasteiger partial charge in [0.05, 0.1) is 16.9 Å². The van der Waals surface area contributed by atoms with Gasteiger partial charge < -0.3 is 10.4 Å². The molecular weight excluding hydrogens is 246 g/mol. The molecule has 0 atom stereocenters. The maximum atomic E-state index is 11.2. The highest BCUT2D eigenvalue weighted by Gasteiger charge is 2.21. The van der Waals surface area contributed by atoms with Crippen molar-refractivity contribution in [2.24, 2.45) is 0 Å². The minimum atomic E-state index is -0.906. The van der Waals surface area contributed by atoms with Gasteiger partial charge in [-0.3, -0.25) is 0 Å². The van der Waals surface area contributed by atoms with Crippen LogP contribution in [0.2, 0.25) is 0 Å². The van der Waals surface area contributed by atoms with Crippen LogP contribution in [0.25, 0.3) is 0 Å². The number of carboxylic acid groups (broad SMARTS) is 1. The summed E-state index contributed by atoms with van der Waals surface area (Å²) in [5, 5.41) is 12.5. The minimum Gasteiger partial charge on any atom is -0.478 e. The standard InChI is InChI=1S/C14H11NO2S/c1-8-4-2-6-10-12(8)15-13-9(14(16)17)5-3-7-11(13)18-10/h2-7,15H,1H3,(H,16,17). The molecule has 0 spiro atoms. The number of hydrogen-bond donors (Lipinski definition) is 2. The van der Waals surface area contributed by atoms with E-state index in [1.165, 1.54) is 0 Å². The number of hydrogen-bond acceptors (Lipinski definition) is 3. The Morgan fingerprint density at radius 2 is 1.78 bits per heavy atom. The van der Waals surface area contributed by atoms with Gasteiger partial charge in [0, 0.05) is 9.79 Å². The van der Waals surface area contributed by atoms with Crippen LogP contribution >= 0.6 is 11.8 Å². The predicted molar refractivity (Wildman–Crippen MR) is 72.0 cm³/mol. The summed E-state index contributed by atoms with van der Waals surface area (Å²) in [4.78, 5) is 13.3. The van der Waals surface area contributed by atoms with E-state index in [-0.39, 0.29) is 0 Å². The Morgan fingerprint density at radius 3 is 2.50 bits per heavy atom. The Labute approximate surface area is 109 Å². The van der Waals surface area contributed by atoms with Gasteiger partial charge in [0.25, 0.3) is 0 Å². The second-order valence-electron chi connectivity index (χ2n) is 4.16. The van der Waals surface area contributed by atoms with E-state index in [4.69, 9.17) is 0 Å². The predicted octanol–water partition coefficient (Wildman–Crippen LogP) is 3.90.